The lowest BCUT2D eigenvalue weighted by molar-refractivity contribution is -0.184. The zero-order chi connectivity index (χ0) is 30.1. The highest BCUT2D eigenvalue weighted by Gasteiger charge is 2.63. The van der Waals surface area contributed by atoms with Crippen LogP contribution in [0.4, 0.5) is 0 Å². The molecule has 1 aromatic carbocycles. The minimum absolute atomic E-state index is 0.0669. The van der Waals surface area contributed by atoms with Gasteiger partial charge >= 0.3 is 5.97 Å². The van der Waals surface area contributed by atoms with Gasteiger partial charge in [-0.1, -0.05) is 76.6 Å². The van der Waals surface area contributed by atoms with Gasteiger partial charge in [0, 0.05) is 18.6 Å². The highest BCUT2D eigenvalue weighted by Crippen LogP contribution is 2.68. The maximum absolute atomic E-state index is 13.3. The van der Waals surface area contributed by atoms with Crippen LogP contribution in [-0.2, 0) is 20.4 Å². The predicted molar refractivity (Wildman–Crippen MR) is 174 cm³/mol. The first kappa shape index (κ1) is 30.6. The highest BCUT2D eigenvalue weighted by molar-refractivity contribution is 6.74. The Balaban J connectivity index is 1.15. The summed E-state index contributed by atoms with van der Waals surface area (Å²) in [5.41, 5.74) is 3.01. The van der Waals surface area contributed by atoms with Gasteiger partial charge in [0.15, 0.2) is 8.32 Å². The lowest BCUT2D eigenvalue weighted by Gasteiger charge is -2.59. The molecule has 6 rings (SSSR count). The molecule has 1 aromatic rings. The quantitative estimate of drug-likeness (QED) is 0.212. The molecule has 42 heavy (non-hydrogen) atoms. The van der Waals surface area contributed by atoms with E-state index in [2.05, 4.69) is 78.2 Å². The van der Waals surface area contributed by atoms with E-state index in [4.69, 9.17) is 9.16 Å². The molecule has 9 atom stereocenters. The smallest absolute Gasteiger partial charge is 0.324 e. The number of hydrogen-bond acceptors (Lipinski definition) is 4. The SMILES string of the molecule is CC(C)(C)[Si](C)(C)OC1CC[C@@]2(C)C(=CC[C@@H]3[C@H]2CC[C@]2(C)C([C@]4(C)CN[C@H](Cc5ccccc5)C(=O)O4)CC[C@@H]32)C1. The normalized spacial score (nSPS) is 42.2. The molecule has 2 unspecified atom stereocenters. The fourth-order valence-corrected chi connectivity index (χ4v) is 11.7. The van der Waals surface area contributed by atoms with Crippen LogP contribution in [0.3, 0.4) is 0 Å². The number of rotatable bonds is 5. The van der Waals surface area contributed by atoms with E-state index in [0.29, 0.717) is 23.9 Å². The molecule has 1 heterocycles. The number of cyclic esters (lactones) is 1. The van der Waals surface area contributed by atoms with E-state index in [-0.39, 0.29) is 22.5 Å². The van der Waals surface area contributed by atoms with Gasteiger partial charge in [0.1, 0.15) is 11.6 Å². The number of esters is 1. The molecule has 0 spiro atoms. The summed E-state index contributed by atoms with van der Waals surface area (Å²) in [5.74, 6) is 2.59. The summed E-state index contributed by atoms with van der Waals surface area (Å²) in [6.45, 7) is 20.1. The average Bonchev–Trinajstić information content (AvgIpc) is 3.28. The second-order valence-corrected chi connectivity index (χ2v) is 21.8. The van der Waals surface area contributed by atoms with Crippen molar-refractivity contribution in [3.8, 4) is 0 Å². The van der Waals surface area contributed by atoms with Crippen LogP contribution in [-0.4, -0.2) is 38.6 Å². The molecule has 4 nitrogen and oxygen atoms in total. The van der Waals surface area contributed by atoms with Gasteiger partial charge in [-0.3, -0.25) is 4.79 Å². The number of carbonyl (C=O) groups is 1. The van der Waals surface area contributed by atoms with Crippen LogP contribution in [0.2, 0.25) is 18.1 Å². The summed E-state index contributed by atoms with van der Waals surface area (Å²) < 4.78 is 13.4. The van der Waals surface area contributed by atoms with Crippen molar-refractivity contribution in [2.45, 2.75) is 135 Å². The summed E-state index contributed by atoms with van der Waals surface area (Å²) >= 11 is 0. The first-order chi connectivity index (χ1) is 19.7. The van der Waals surface area contributed by atoms with Gasteiger partial charge in [-0.05, 0) is 117 Å². The molecule has 4 aliphatic carbocycles. The molecule has 1 aliphatic heterocycles. The van der Waals surface area contributed by atoms with Gasteiger partial charge in [-0.25, -0.2) is 0 Å². The van der Waals surface area contributed by atoms with E-state index in [0.717, 1.165) is 30.7 Å². The molecule has 0 aromatic heterocycles. The largest absolute Gasteiger partial charge is 0.457 e. The predicted octanol–water partition coefficient (Wildman–Crippen LogP) is 8.47. The van der Waals surface area contributed by atoms with Gasteiger partial charge in [-0.2, -0.15) is 0 Å². The molecule has 0 amide bonds. The molecular weight excluding hydrogens is 534 g/mol. The van der Waals surface area contributed by atoms with Crippen molar-refractivity contribution < 1.29 is 14.0 Å². The third kappa shape index (κ3) is 5.07. The molecule has 0 bridgehead atoms. The van der Waals surface area contributed by atoms with E-state index >= 15 is 0 Å². The van der Waals surface area contributed by atoms with Crippen LogP contribution in [0.5, 0.6) is 0 Å². The molecule has 0 radical (unpaired) electrons. The number of hydrogen-bond donors (Lipinski definition) is 1. The van der Waals surface area contributed by atoms with Crippen molar-refractivity contribution in [2.75, 3.05) is 6.54 Å². The molecule has 3 saturated carbocycles. The van der Waals surface area contributed by atoms with E-state index in [1.54, 1.807) is 5.57 Å². The number of morpholine rings is 1. The minimum atomic E-state index is -1.76. The number of nitrogens with one attached hydrogen (secondary N) is 1. The van der Waals surface area contributed by atoms with Crippen LogP contribution in [0.1, 0.15) is 98.5 Å². The van der Waals surface area contributed by atoms with E-state index < -0.39 is 13.9 Å². The summed E-state index contributed by atoms with van der Waals surface area (Å²) in [6, 6.07) is 10.1. The minimum Gasteiger partial charge on any atom is -0.457 e. The Morgan fingerprint density at radius 1 is 1.00 bits per heavy atom. The fraction of sp³-hybridized carbons (Fsp3) is 0.757. The van der Waals surface area contributed by atoms with Crippen molar-refractivity contribution in [2.24, 2.45) is 34.5 Å². The third-order valence-corrected chi connectivity index (χ3v) is 18.2. The van der Waals surface area contributed by atoms with Crippen molar-refractivity contribution in [1.29, 1.82) is 0 Å². The summed E-state index contributed by atoms with van der Waals surface area (Å²) in [4.78, 5) is 13.3. The molecule has 1 N–H and O–H groups in total. The Morgan fingerprint density at radius 2 is 1.74 bits per heavy atom. The first-order valence-electron chi connectivity index (χ1n) is 17.0. The van der Waals surface area contributed by atoms with Crippen molar-refractivity contribution in [3.05, 3.63) is 47.5 Å². The van der Waals surface area contributed by atoms with Crippen LogP contribution < -0.4 is 5.32 Å². The third-order valence-electron chi connectivity index (χ3n) is 13.7. The Kier molecular flexibility index (Phi) is 7.71. The van der Waals surface area contributed by atoms with Crippen LogP contribution in [0, 0.1) is 34.5 Å². The second kappa shape index (κ2) is 10.6. The molecule has 232 valence electrons. The monoisotopic (exact) mass is 591 g/mol. The van der Waals surface area contributed by atoms with Crippen molar-refractivity contribution in [3.63, 3.8) is 0 Å². The molecule has 5 heteroatoms. The zero-order valence-corrected chi connectivity index (χ0v) is 28.7. The maximum atomic E-state index is 13.3. The fourth-order valence-electron chi connectivity index (χ4n) is 10.3. The van der Waals surface area contributed by atoms with Gasteiger partial charge in [-0.15, -0.1) is 0 Å². The molecular formula is C37H57NO3Si. The standard InChI is InChI=1S/C37H57NO3Si/c1-34(2,3)42(7,8)41-27-18-20-35(4)26(23-27)14-15-28-29-16-17-32(36(29,5)21-19-30(28)35)37(6)24-38-31(33(39)40-37)22-25-12-10-9-11-13-25/h9-14,27-32,38H,15-24H2,1-8H3/t27?,28-,29-,30+,31+,32?,35-,36-,37-/m0/s1. The summed E-state index contributed by atoms with van der Waals surface area (Å²) in [6.07, 6.45) is 13.6. The van der Waals surface area contributed by atoms with Crippen molar-refractivity contribution in [1.82, 2.24) is 5.32 Å². The Hall–Kier alpha value is -1.43. The average molecular weight is 592 g/mol. The lowest BCUT2D eigenvalue weighted by Crippen LogP contribution is -2.62. The zero-order valence-electron chi connectivity index (χ0n) is 27.7. The summed E-state index contributed by atoms with van der Waals surface area (Å²) in [7, 11) is -1.76. The van der Waals surface area contributed by atoms with E-state index in [9.17, 15) is 4.79 Å². The second-order valence-electron chi connectivity index (χ2n) is 17.0. The number of carbonyl (C=O) groups excluding carboxylic acids is 1. The van der Waals surface area contributed by atoms with Gasteiger partial charge in [0.25, 0.3) is 0 Å². The number of fused-ring (bicyclic) bond motifs is 5. The molecule has 5 aliphatic rings. The molecule has 1 saturated heterocycles. The lowest BCUT2D eigenvalue weighted by atomic mass is 9.46. The van der Waals surface area contributed by atoms with Crippen LogP contribution in [0.15, 0.2) is 42.0 Å². The highest BCUT2D eigenvalue weighted by atomic mass is 28.4. The Bertz CT molecular complexity index is 1210. The van der Waals surface area contributed by atoms with E-state index in [1.165, 1.54) is 50.5 Å². The Labute approximate surface area is 256 Å². The first-order valence-corrected chi connectivity index (χ1v) is 19.9. The number of benzene rings is 1. The summed E-state index contributed by atoms with van der Waals surface area (Å²) in [5, 5.41) is 3.89. The molecule has 4 fully saturated rings. The number of allylic oxidation sites excluding steroid dienone is 1. The number of ether oxygens (including phenoxy) is 1. The van der Waals surface area contributed by atoms with Gasteiger partial charge in [0.2, 0.25) is 0 Å². The van der Waals surface area contributed by atoms with Crippen LogP contribution >= 0.6 is 0 Å². The maximum Gasteiger partial charge on any atom is 0.324 e. The van der Waals surface area contributed by atoms with Crippen LogP contribution in [0.25, 0.3) is 0 Å². The Morgan fingerprint density at radius 3 is 2.43 bits per heavy atom. The van der Waals surface area contributed by atoms with Gasteiger partial charge in [0.05, 0.1) is 0 Å². The van der Waals surface area contributed by atoms with Gasteiger partial charge < -0.3 is 14.5 Å². The van der Waals surface area contributed by atoms with E-state index in [1.807, 2.05) is 18.2 Å². The topological polar surface area (TPSA) is 47.6 Å². The van der Waals surface area contributed by atoms with Crippen molar-refractivity contribution >= 4 is 14.3 Å².